The molecule has 0 radical (unpaired) electrons. The van der Waals surface area contributed by atoms with Crippen molar-refractivity contribution in [2.45, 2.75) is 19.6 Å². The molecule has 0 saturated carbocycles. The highest BCUT2D eigenvalue weighted by Gasteiger charge is 2.21. The Labute approximate surface area is 167 Å². The summed E-state index contributed by atoms with van der Waals surface area (Å²) in [7, 11) is 1.76. The fraction of sp³-hybridized carbons (Fsp3) is 0.200. The maximum absolute atomic E-state index is 11.9. The van der Waals surface area contributed by atoms with Crippen molar-refractivity contribution in [1.29, 1.82) is 0 Å². The van der Waals surface area contributed by atoms with Gasteiger partial charge in [0.05, 0.1) is 18.6 Å². The fourth-order valence-corrected chi connectivity index (χ4v) is 3.41. The molecule has 0 spiro atoms. The number of carbonyl (C=O) groups excluding carboxylic acids is 1. The number of Topliss-reactive ketones (excluding diaryl/α,β-unsaturated/α-hetero) is 1. The number of para-hydroxylation sites is 1. The summed E-state index contributed by atoms with van der Waals surface area (Å²) >= 11 is 12.5. The third kappa shape index (κ3) is 4.43. The van der Waals surface area contributed by atoms with E-state index in [4.69, 9.17) is 27.9 Å². The van der Waals surface area contributed by atoms with Crippen LogP contribution >= 0.6 is 23.2 Å². The molecule has 0 fully saturated rings. The van der Waals surface area contributed by atoms with Gasteiger partial charge in [0.2, 0.25) is 0 Å². The number of hydrogen-bond acceptors (Lipinski definition) is 4. The minimum atomic E-state index is -0.404. The lowest BCUT2D eigenvalue weighted by Gasteiger charge is -2.23. The fourth-order valence-electron chi connectivity index (χ4n) is 2.88. The van der Waals surface area contributed by atoms with Crippen LogP contribution in [0.25, 0.3) is 0 Å². The molecule has 1 atom stereocenters. The van der Waals surface area contributed by atoms with Gasteiger partial charge in [-0.1, -0.05) is 35.3 Å². The van der Waals surface area contributed by atoms with Crippen molar-refractivity contribution >= 4 is 34.7 Å². The Kier molecular flexibility index (Phi) is 6.04. The molecule has 0 aliphatic rings. The third-order valence-corrected chi connectivity index (χ3v) is 4.73. The summed E-state index contributed by atoms with van der Waals surface area (Å²) in [6.45, 7) is 2.02. The first-order chi connectivity index (χ1) is 13.0. The van der Waals surface area contributed by atoms with E-state index < -0.39 is 6.10 Å². The average molecular weight is 404 g/mol. The molecule has 1 heterocycles. The number of hydrogen-bond donors (Lipinski definition) is 1. The third-order valence-electron chi connectivity index (χ3n) is 4.17. The minimum Gasteiger partial charge on any atom is -0.482 e. The molecule has 1 aromatic heterocycles. The number of carbonyl (C=O) groups is 1. The SMILES string of the molecule is CNc1c(OC(Cn2ccnc2)c2ccc(Cl)cc2Cl)cccc1C(C)=O. The van der Waals surface area contributed by atoms with Crippen LogP contribution in [0.3, 0.4) is 0 Å². The first kappa shape index (κ1) is 19.3. The molecule has 1 unspecified atom stereocenters. The summed E-state index contributed by atoms with van der Waals surface area (Å²) in [5.41, 5.74) is 2.01. The quantitative estimate of drug-likeness (QED) is 0.546. The van der Waals surface area contributed by atoms with Gasteiger partial charge in [0, 0.05) is 40.6 Å². The maximum atomic E-state index is 11.9. The number of benzene rings is 2. The largest absolute Gasteiger partial charge is 0.482 e. The summed E-state index contributed by atoms with van der Waals surface area (Å²) in [4.78, 5) is 16.0. The number of aromatic nitrogens is 2. The van der Waals surface area contributed by atoms with Crippen molar-refractivity contribution in [3.05, 3.63) is 76.3 Å². The van der Waals surface area contributed by atoms with E-state index >= 15 is 0 Å². The van der Waals surface area contributed by atoms with E-state index in [0.29, 0.717) is 33.6 Å². The first-order valence-electron chi connectivity index (χ1n) is 8.38. The number of nitrogens with one attached hydrogen (secondary N) is 1. The molecule has 2 aromatic carbocycles. The highest BCUT2D eigenvalue weighted by molar-refractivity contribution is 6.35. The molecular formula is C20H19Cl2N3O2. The minimum absolute atomic E-state index is 0.0412. The predicted molar refractivity (Wildman–Crippen MR) is 108 cm³/mol. The van der Waals surface area contributed by atoms with Crippen molar-refractivity contribution in [2.75, 3.05) is 12.4 Å². The van der Waals surface area contributed by atoms with E-state index in [1.165, 1.54) is 6.92 Å². The summed E-state index contributed by atoms with van der Waals surface area (Å²) < 4.78 is 8.22. The van der Waals surface area contributed by atoms with Crippen LogP contribution in [0.15, 0.2) is 55.1 Å². The summed E-state index contributed by atoms with van der Waals surface area (Å²) in [5, 5.41) is 4.14. The molecule has 0 bridgehead atoms. The summed E-state index contributed by atoms with van der Waals surface area (Å²) in [6, 6.07) is 10.7. The van der Waals surface area contributed by atoms with Gasteiger partial charge in [-0.3, -0.25) is 4.79 Å². The van der Waals surface area contributed by atoms with Crippen LogP contribution in [0.2, 0.25) is 10.0 Å². The van der Waals surface area contributed by atoms with E-state index in [2.05, 4.69) is 10.3 Å². The van der Waals surface area contributed by atoms with Gasteiger partial charge in [-0.2, -0.15) is 0 Å². The highest BCUT2D eigenvalue weighted by Crippen LogP contribution is 2.35. The lowest BCUT2D eigenvalue weighted by atomic mass is 10.1. The van der Waals surface area contributed by atoms with Crippen LogP contribution in [0, 0.1) is 0 Å². The Hall–Kier alpha value is -2.50. The molecule has 3 rings (SSSR count). The van der Waals surface area contributed by atoms with E-state index in [1.54, 1.807) is 43.8 Å². The van der Waals surface area contributed by atoms with Crippen LogP contribution in [0.1, 0.15) is 28.9 Å². The summed E-state index contributed by atoms with van der Waals surface area (Å²) in [6.07, 6.45) is 4.87. The normalized spacial score (nSPS) is 11.9. The van der Waals surface area contributed by atoms with E-state index in [-0.39, 0.29) is 5.78 Å². The number of ether oxygens (including phenoxy) is 1. The molecule has 5 nitrogen and oxygen atoms in total. The number of halogens is 2. The Bertz CT molecular complexity index is 942. The molecule has 0 amide bonds. The Morgan fingerprint density at radius 1 is 1.30 bits per heavy atom. The Balaban J connectivity index is 2.01. The molecule has 0 aliphatic carbocycles. The van der Waals surface area contributed by atoms with Crippen molar-refractivity contribution in [3.63, 3.8) is 0 Å². The molecule has 7 heteroatoms. The monoisotopic (exact) mass is 403 g/mol. The van der Waals surface area contributed by atoms with Crippen molar-refractivity contribution in [2.24, 2.45) is 0 Å². The predicted octanol–water partition coefficient (Wildman–Crippen LogP) is 5.25. The number of imidazole rings is 1. The molecule has 1 N–H and O–H groups in total. The van der Waals surface area contributed by atoms with E-state index in [0.717, 1.165) is 5.56 Å². The van der Waals surface area contributed by atoms with Gasteiger partial charge in [-0.15, -0.1) is 0 Å². The van der Waals surface area contributed by atoms with Gasteiger partial charge in [-0.25, -0.2) is 4.98 Å². The van der Waals surface area contributed by atoms with Crippen molar-refractivity contribution in [1.82, 2.24) is 9.55 Å². The van der Waals surface area contributed by atoms with E-state index in [1.807, 2.05) is 22.9 Å². The van der Waals surface area contributed by atoms with Crippen LogP contribution in [-0.2, 0) is 6.54 Å². The van der Waals surface area contributed by atoms with Crippen LogP contribution in [-0.4, -0.2) is 22.4 Å². The molecule has 0 saturated heterocycles. The second-order valence-electron chi connectivity index (χ2n) is 6.02. The van der Waals surface area contributed by atoms with Gasteiger partial charge in [-0.05, 0) is 31.2 Å². The van der Waals surface area contributed by atoms with Gasteiger partial charge >= 0.3 is 0 Å². The molecular weight excluding hydrogens is 385 g/mol. The highest BCUT2D eigenvalue weighted by atomic mass is 35.5. The van der Waals surface area contributed by atoms with E-state index in [9.17, 15) is 4.79 Å². The molecule has 140 valence electrons. The van der Waals surface area contributed by atoms with Gasteiger partial charge in [0.1, 0.15) is 11.9 Å². The number of nitrogens with zero attached hydrogens (tertiary/aromatic N) is 2. The zero-order valence-corrected chi connectivity index (χ0v) is 16.5. The zero-order chi connectivity index (χ0) is 19.4. The zero-order valence-electron chi connectivity index (χ0n) is 14.9. The van der Waals surface area contributed by atoms with Gasteiger partial charge in [0.25, 0.3) is 0 Å². The Morgan fingerprint density at radius 2 is 2.11 bits per heavy atom. The smallest absolute Gasteiger partial charge is 0.162 e. The first-order valence-corrected chi connectivity index (χ1v) is 9.14. The second-order valence-corrected chi connectivity index (χ2v) is 6.86. The average Bonchev–Trinajstić information content (AvgIpc) is 3.14. The number of rotatable bonds is 7. The lowest BCUT2D eigenvalue weighted by Crippen LogP contribution is -2.16. The van der Waals surface area contributed by atoms with Gasteiger partial charge in [0.15, 0.2) is 5.78 Å². The van der Waals surface area contributed by atoms with Crippen molar-refractivity contribution < 1.29 is 9.53 Å². The van der Waals surface area contributed by atoms with Crippen LogP contribution < -0.4 is 10.1 Å². The molecule has 3 aromatic rings. The summed E-state index contributed by atoms with van der Waals surface area (Å²) in [5.74, 6) is 0.529. The molecule has 0 aliphatic heterocycles. The lowest BCUT2D eigenvalue weighted by molar-refractivity contribution is 0.101. The standard InChI is InChI=1S/C20H19Cl2N3O2/c1-13(26)15-4-3-5-18(20(15)23-2)27-19(11-25-9-8-24-12-25)16-7-6-14(21)10-17(16)22/h3-10,12,19,23H,11H2,1-2H3. The number of anilines is 1. The molecule has 27 heavy (non-hydrogen) atoms. The second kappa shape index (κ2) is 8.46. The van der Waals surface area contributed by atoms with Crippen LogP contribution in [0.4, 0.5) is 5.69 Å². The van der Waals surface area contributed by atoms with Gasteiger partial charge < -0.3 is 14.6 Å². The topological polar surface area (TPSA) is 56.1 Å². The maximum Gasteiger partial charge on any atom is 0.162 e. The Morgan fingerprint density at radius 3 is 2.74 bits per heavy atom. The van der Waals surface area contributed by atoms with Crippen molar-refractivity contribution in [3.8, 4) is 5.75 Å². The number of ketones is 1. The van der Waals surface area contributed by atoms with Crippen LogP contribution in [0.5, 0.6) is 5.75 Å².